The molecular formula is C17H13N3O6. The molecule has 132 valence electrons. The number of carbonyl (C=O) groups excluding carboxylic acids is 1. The summed E-state index contributed by atoms with van der Waals surface area (Å²) in [6, 6.07) is 10.0. The van der Waals surface area contributed by atoms with Crippen LogP contribution in [-0.2, 0) is 0 Å². The number of nitro groups is 1. The number of carbonyl (C=O) groups is 1. The molecule has 2 N–H and O–H groups in total. The van der Waals surface area contributed by atoms with E-state index in [1.165, 1.54) is 43.7 Å². The predicted octanol–water partition coefficient (Wildman–Crippen LogP) is 2.82. The molecule has 3 aromatic rings. The Kier molecular flexibility index (Phi) is 4.52. The molecule has 0 atom stereocenters. The van der Waals surface area contributed by atoms with Gasteiger partial charge < -0.3 is 14.3 Å². The summed E-state index contributed by atoms with van der Waals surface area (Å²) in [5.74, 6) is -0.365. The van der Waals surface area contributed by atoms with Gasteiger partial charge in [-0.1, -0.05) is 0 Å². The second kappa shape index (κ2) is 6.93. The fraction of sp³-hybridized carbons (Fsp3) is 0.0588. The number of fused-ring (bicyclic) bond motifs is 1. The van der Waals surface area contributed by atoms with Gasteiger partial charge in [-0.25, -0.2) is 5.43 Å². The molecule has 2 aromatic carbocycles. The Morgan fingerprint density at radius 2 is 2.12 bits per heavy atom. The number of benzene rings is 2. The maximum absolute atomic E-state index is 12.1. The fourth-order valence-corrected chi connectivity index (χ4v) is 2.25. The Hall–Kier alpha value is -3.88. The van der Waals surface area contributed by atoms with Crippen molar-refractivity contribution in [1.82, 2.24) is 5.43 Å². The molecule has 0 aliphatic heterocycles. The van der Waals surface area contributed by atoms with Crippen molar-refractivity contribution in [3.8, 4) is 11.5 Å². The molecule has 0 aliphatic carbocycles. The minimum atomic E-state index is -0.606. The van der Waals surface area contributed by atoms with E-state index in [2.05, 4.69) is 10.5 Å². The largest absolute Gasteiger partial charge is 0.504 e. The van der Waals surface area contributed by atoms with Gasteiger partial charge >= 0.3 is 5.91 Å². The average molecular weight is 355 g/mol. The highest BCUT2D eigenvalue weighted by atomic mass is 16.6. The minimum absolute atomic E-state index is 0.00921. The lowest BCUT2D eigenvalue weighted by atomic mass is 10.2. The summed E-state index contributed by atoms with van der Waals surface area (Å²) < 4.78 is 10.3. The fourth-order valence-electron chi connectivity index (χ4n) is 2.25. The molecular weight excluding hydrogens is 342 g/mol. The molecule has 9 heteroatoms. The second-order valence-corrected chi connectivity index (χ2v) is 5.22. The lowest BCUT2D eigenvalue weighted by Gasteiger charge is -2.03. The van der Waals surface area contributed by atoms with Gasteiger partial charge in [0.05, 0.1) is 18.2 Å². The van der Waals surface area contributed by atoms with Crippen LogP contribution >= 0.6 is 0 Å². The summed E-state index contributed by atoms with van der Waals surface area (Å²) in [5, 5.41) is 24.6. The summed E-state index contributed by atoms with van der Waals surface area (Å²) in [7, 11) is 1.42. The van der Waals surface area contributed by atoms with Gasteiger partial charge in [0.2, 0.25) is 0 Å². The number of nitrogens with one attached hydrogen (secondary N) is 1. The van der Waals surface area contributed by atoms with Gasteiger partial charge in [0.25, 0.3) is 5.69 Å². The Morgan fingerprint density at radius 3 is 2.85 bits per heavy atom. The molecule has 1 amide bonds. The number of amides is 1. The molecule has 0 unspecified atom stereocenters. The van der Waals surface area contributed by atoms with E-state index in [1.54, 1.807) is 12.1 Å². The molecule has 0 saturated heterocycles. The van der Waals surface area contributed by atoms with Gasteiger partial charge in [0.1, 0.15) is 5.58 Å². The third kappa shape index (κ3) is 3.46. The molecule has 1 aromatic heterocycles. The summed E-state index contributed by atoms with van der Waals surface area (Å²) in [4.78, 5) is 22.3. The number of non-ortho nitro benzene ring substituents is 1. The van der Waals surface area contributed by atoms with Gasteiger partial charge in [0.15, 0.2) is 17.3 Å². The average Bonchev–Trinajstić information content (AvgIpc) is 3.06. The Morgan fingerprint density at radius 1 is 1.31 bits per heavy atom. The first-order valence-corrected chi connectivity index (χ1v) is 7.36. The van der Waals surface area contributed by atoms with E-state index in [0.29, 0.717) is 16.5 Å². The molecule has 9 nitrogen and oxygen atoms in total. The maximum atomic E-state index is 12.1. The number of hydrazone groups is 1. The van der Waals surface area contributed by atoms with E-state index in [0.717, 1.165) is 0 Å². The van der Waals surface area contributed by atoms with Gasteiger partial charge in [-0.3, -0.25) is 14.9 Å². The van der Waals surface area contributed by atoms with E-state index in [9.17, 15) is 20.0 Å². The Labute approximate surface area is 146 Å². The number of phenols is 1. The number of methoxy groups -OCH3 is 1. The molecule has 0 spiro atoms. The van der Waals surface area contributed by atoms with E-state index < -0.39 is 10.8 Å². The monoisotopic (exact) mass is 355 g/mol. The van der Waals surface area contributed by atoms with E-state index in [-0.39, 0.29) is 22.9 Å². The highest BCUT2D eigenvalue weighted by Gasteiger charge is 2.14. The summed E-state index contributed by atoms with van der Waals surface area (Å²) in [5.41, 5.74) is 3.16. The number of nitro benzene ring substituents is 1. The van der Waals surface area contributed by atoms with Crippen LogP contribution in [0.3, 0.4) is 0 Å². The number of furan rings is 1. The number of phenolic OH excluding ortho intramolecular Hbond substituents is 1. The first-order valence-electron chi connectivity index (χ1n) is 7.36. The van der Waals surface area contributed by atoms with Gasteiger partial charge in [-0.2, -0.15) is 5.10 Å². The molecule has 0 radical (unpaired) electrons. The van der Waals surface area contributed by atoms with Crippen molar-refractivity contribution in [3.63, 3.8) is 0 Å². The molecule has 0 aliphatic rings. The van der Waals surface area contributed by atoms with E-state index in [1.807, 2.05) is 0 Å². The minimum Gasteiger partial charge on any atom is -0.504 e. The van der Waals surface area contributed by atoms with Crippen LogP contribution in [0, 0.1) is 10.1 Å². The van der Waals surface area contributed by atoms with Crippen LogP contribution in [0.15, 0.2) is 52.0 Å². The normalized spacial score (nSPS) is 11.0. The standard InChI is InChI=1S/C17H13N3O6/c1-25-15-6-10(2-4-13(15)21)9-18-19-17(22)16-8-11-7-12(20(23)24)3-5-14(11)26-16/h2-9,21H,1H3,(H,19,22)/b18-9-. The molecule has 0 fully saturated rings. The zero-order valence-electron chi connectivity index (χ0n) is 13.5. The highest BCUT2D eigenvalue weighted by molar-refractivity contribution is 5.97. The van der Waals surface area contributed by atoms with Crippen molar-refractivity contribution in [3.05, 3.63) is 63.9 Å². The lowest BCUT2D eigenvalue weighted by Crippen LogP contribution is -2.16. The van der Waals surface area contributed by atoms with Crippen LogP contribution in [0.2, 0.25) is 0 Å². The first-order chi connectivity index (χ1) is 12.5. The third-order valence-corrected chi connectivity index (χ3v) is 3.52. The van der Waals surface area contributed by atoms with Crippen LogP contribution in [0.4, 0.5) is 5.69 Å². The topological polar surface area (TPSA) is 127 Å². The number of rotatable bonds is 5. The number of ether oxygens (including phenoxy) is 1. The third-order valence-electron chi connectivity index (χ3n) is 3.52. The second-order valence-electron chi connectivity index (χ2n) is 5.22. The SMILES string of the molecule is COc1cc(/C=N\NC(=O)c2cc3cc([N+](=O)[O-])ccc3o2)ccc1O. The van der Waals surface area contributed by atoms with Crippen molar-refractivity contribution in [1.29, 1.82) is 0 Å². The summed E-state index contributed by atoms with van der Waals surface area (Å²) in [6.45, 7) is 0. The van der Waals surface area contributed by atoms with Gasteiger partial charge in [-0.15, -0.1) is 0 Å². The quantitative estimate of drug-likeness (QED) is 0.411. The number of hydrogen-bond acceptors (Lipinski definition) is 7. The van der Waals surface area contributed by atoms with Crippen LogP contribution in [-0.4, -0.2) is 29.3 Å². The number of hydrogen-bond donors (Lipinski definition) is 2. The van der Waals surface area contributed by atoms with Crippen molar-refractivity contribution >= 4 is 28.8 Å². The maximum Gasteiger partial charge on any atom is 0.307 e. The van der Waals surface area contributed by atoms with Crippen LogP contribution in [0.1, 0.15) is 16.1 Å². The zero-order chi connectivity index (χ0) is 18.7. The molecule has 0 saturated carbocycles. The van der Waals surface area contributed by atoms with Crippen molar-refractivity contribution in [2.45, 2.75) is 0 Å². The zero-order valence-corrected chi connectivity index (χ0v) is 13.5. The highest BCUT2D eigenvalue weighted by Crippen LogP contribution is 2.26. The van der Waals surface area contributed by atoms with Gasteiger partial charge in [-0.05, 0) is 35.9 Å². The molecule has 1 heterocycles. The first kappa shape index (κ1) is 17.0. The molecule has 26 heavy (non-hydrogen) atoms. The van der Waals surface area contributed by atoms with Crippen LogP contribution in [0.5, 0.6) is 11.5 Å². The number of nitrogens with zero attached hydrogens (tertiary/aromatic N) is 2. The van der Waals surface area contributed by atoms with Crippen molar-refractivity contribution in [2.75, 3.05) is 7.11 Å². The van der Waals surface area contributed by atoms with Crippen molar-refractivity contribution in [2.24, 2.45) is 5.10 Å². The number of aromatic hydroxyl groups is 1. The summed E-state index contributed by atoms with van der Waals surface area (Å²) in [6.07, 6.45) is 1.37. The lowest BCUT2D eigenvalue weighted by molar-refractivity contribution is -0.384. The van der Waals surface area contributed by atoms with Gasteiger partial charge in [0, 0.05) is 17.5 Å². The smallest absolute Gasteiger partial charge is 0.307 e. The van der Waals surface area contributed by atoms with Crippen LogP contribution in [0.25, 0.3) is 11.0 Å². The van der Waals surface area contributed by atoms with E-state index >= 15 is 0 Å². The molecule has 3 rings (SSSR count). The summed E-state index contributed by atoms with van der Waals surface area (Å²) >= 11 is 0. The van der Waals surface area contributed by atoms with E-state index in [4.69, 9.17) is 9.15 Å². The predicted molar refractivity (Wildman–Crippen MR) is 92.6 cm³/mol. The Balaban J connectivity index is 1.73. The van der Waals surface area contributed by atoms with Crippen LogP contribution < -0.4 is 10.2 Å². The van der Waals surface area contributed by atoms with Crippen molar-refractivity contribution < 1.29 is 24.0 Å². The Bertz CT molecular complexity index is 1020. The molecule has 0 bridgehead atoms.